The summed E-state index contributed by atoms with van der Waals surface area (Å²) in [5.41, 5.74) is -0.548. The Bertz CT molecular complexity index is 377. The van der Waals surface area contributed by atoms with E-state index in [4.69, 9.17) is 0 Å². The topological polar surface area (TPSA) is 40.5 Å². The Morgan fingerprint density at radius 1 is 1.44 bits per heavy atom. The minimum absolute atomic E-state index is 0.365. The number of carboxylic acid groups (broad SMARTS) is 1. The summed E-state index contributed by atoms with van der Waals surface area (Å²) in [6, 6.07) is 5.57. The summed E-state index contributed by atoms with van der Waals surface area (Å²) in [4.78, 5) is 13.1. The summed E-state index contributed by atoms with van der Waals surface area (Å²) in [5, 5.41) is 9.32. The quantitative estimate of drug-likeness (QED) is 0.852. The zero-order valence-electron chi connectivity index (χ0n) is 9.70. The van der Waals surface area contributed by atoms with Gasteiger partial charge in [0.1, 0.15) is 11.4 Å². The molecule has 88 valence electrons. The lowest BCUT2D eigenvalue weighted by atomic mass is 9.90. The van der Waals surface area contributed by atoms with E-state index in [2.05, 4.69) is 0 Å². The standard InChI is InChI=1S/C12H16FNO2/c1-4-14(3)12(2,11(15)16)9-5-7-10(13)8-6-9/h5-8H,4H2,1-3H3,(H,15,16). The van der Waals surface area contributed by atoms with Gasteiger partial charge in [0, 0.05) is 0 Å². The van der Waals surface area contributed by atoms with Crippen LogP contribution in [0, 0.1) is 5.82 Å². The maximum Gasteiger partial charge on any atom is 0.328 e. The smallest absolute Gasteiger partial charge is 0.328 e. The van der Waals surface area contributed by atoms with Crippen molar-refractivity contribution in [1.82, 2.24) is 4.90 Å². The van der Waals surface area contributed by atoms with Crippen LogP contribution in [-0.4, -0.2) is 29.6 Å². The van der Waals surface area contributed by atoms with Gasteiger partial charge < -0.3 is 5.11 Å². The number of carboxylic acids is 1. The van der Waals surface area contributed by atoms with Gasteiger partial charge in [0.15, 0.2) is 0 Å². The van der Waals surface area contributed by atoms with Gasteiger partial charge in [-0.1, -0.05) is 19.1 Å². The second kappa shape index (κ2) is 4.61. The second-order valence-corrected chi connectivity index (χ2v) is 3.90. The van der Waals surface area contributed by atoms with Crippen molar-refractivity contribution >= 4 is 5.97 Å². The summed E-state index contributed by atoms with van der Waals surface area (Å²) in [6.07, 6.45) is 0. The SMILES string of the molecule is CCN(C)C(C)(C(=O)O)c1ccc(F)cc1. The van der Waals surface area contributed by atoms with Crippen LogP contribution in [0.5, 0.6) is 0 Å². The van der Waals surface area contributed by atoms with Crippen LogP contribution < -0.4 is 0 Å². The van der Waals surface area contributed by atoms with E-state index < -0.39 is 11.5 Å². The van der Waals surface area contributed by atoms with Crippen LogP contribution in [0.25, 0.3) is 0 Å². The molecular weight excluding hydrogens is 209 g/mol. The fraction of sp³-hybridized carbons (Fsp3) is 0.417. The monoisotopic (exact) mass is 225 g/mol. The Morgan fingerprint density at radius 3 is 2.31 bits per heavy atom. The number of rotatable bonds is 4. The van der Waals surface area contributed by atoms with Gasteiger partial charge >= 0.3 is 5.97 Å². The van der Waals surface area contributed by atoms with Crippen LogP contribution in [0.4, 0.5) is 4.39 Å². The molecule has 0 saturated heterocycles. The van der Waals surface area contributed by atoms with Gasteiger partial charge in [0.25, 0.3) is 0 Å². The summed E-state index contributed by atoms with van der Waals surface area (Å²) >= 11 is 0. The lowest BCUT2D eigenvalue weighted by molar-refractivity contribution is -0.150. The highest BCUT2D eigenvalue weighted by Gasteiger charge is 2.38. The molecule has 0 aliphatic carbocycles. The molecule has 4 heteroatoms. The molecule has 1 aromatic rings. The fourth-order valence-corrected chi connectivity index (χ4v) is 1.60. The summed E-state index contributed by atoms with van der Waals surface area (Å²) < 4.78 is 12.8. The van der Waals surface area contributed by atoms with E-state index in [1.165, 1.54) is 24.3 Å². The molecule has 0 spiro atoms. The van der Waals surface area contributed by atoms with Gasteiger partial charge in [-0.2, -0.15) is 0 Å². The van der Waals surface area contributed by atoms with E-state index in [0.717, 1.165) is 0 Å². The zero-order chi connectivity index (χ0) is 12.3. The lowest BCUT2D eigenvalue weighted by Crippen LogP contribution is -2.47. The predicted molar refractivity (Wildman–Crippen MR) is 59.7 cm³/mol. The van der Waals surface area contributed by atoms with Crippen LogP contribution in [0.1, 0.15) is 19.4 Å². The number of benzene rings is 1. The normalized spacial score (nSPS) is 14.8. The Labute approximate surface area is 94.5 Å². The number of hydrogen-bond acceptors (Lipinski definition) is 2. The molecule has 3 nitrogen and oxygen atoms in total. The summed E-state index contributed by atoms with van der Waals surface area (Å²) in [7, 11) is 1.73. The Balaban J connectivity index is 3.21. The number of hydrogen-bond donors (Lipinski definition) is 1. The third-order valence-electron chi connectivity index (χ3n) is 3.06. The third-order valence-corrected chi connectivity index (χ3v) is 3.06. The number of carbonyl (C=O) groups is 1. The van der Waals surface area contributed by atoms with Crippen molar-refractivity contribution in [2.75, 3.05) is 13.6 Å². The van der Waals surface area contributed by atoms with Crippen molar-refractivity contribution in [3.05, 3.63) is 35.6 Å². The molecule has 0 fully saturated rings. The largest absolute Gasteiger partial charge is 0.480 e. The zero-order valence-corrected chi connectivity index (χ0v) is 9.70. The first-order valence-corrected chi connectivity index (χ1v) is 5.13. The minimum atomic E-state index is -1.12. The maximum absolute atomic E-state index is 12.8. The molecule has 16 heavy (non-hydrogen) atoms. The molecule has 0 amide bonds. The fourth-order valence-electron chi connectivity index (χ4n) is 1.60. The molecule has 0 heterocycles. The van der Waals surface area contributed by atoms with Gasteiger partial charge in [-0.15, -0.1) is 0 Å². The predicted octanol–water partition coefficient (Wildman–Crippen LogP) is 2.08. The van der Waals surface area contributed by atoms with Gasteiger partial charge in [0.2, 0.25) is 0 Å². The molecule has 0 aliphatic heterocycles. The molecule has 0 aromatic heterocycles. The van der Waals surface area contributed by atoms with E-state index in [9.17, 15) is 14.3 Å². The molecule has 0 aliphatic rings. The number of aliphatic carboxylic acids is 1. The van der Waals surface area contributed by atoms with E-state index in [1.807, 2.05) is 6.92 Å². The summed E-state index contributed by atoms with van der Waals surface area (Å²) in [6.45, 7) is 4.09. The number of likely N-dealkylation sites (N-methyl/N-ethyl adjacent to an activating group) is 1. The van der Waals surface area contributed by atoms with E-state index in [0.29, 0.717) is 12.1 Å². The molecule has 1 atom stereocenters. The molecular formula is C12H16FNO2. The lowest BCUT2D eigenvalue weighted by Gasteiger charge is -2.34. The first kappa shape index (κ1) is 12.6. The molecule has 0 bridgehead atoms. The summed E-state index contributed by atoms with van der Waals surface area (Å²) in [5.74, 6) is -1.31. The average molecular weight is 225 g/mol. The second-order valence-electron chi connectivity index (χ2n) is 3.90. The highest BCUT2D eigenvalue weighted by atomic mass is 19.1. The molecule has 1 N–H and O–H groups in total. The Kier molecular flexibility index (Phi) is 3.65. The van der Waals surface area contributed by atoms with Crippen molar-refractivity contribution in [3.63, 3.8) is 0 Å². The number of nitrogens with zero attached hydrogens (tertiary/aromatic N) is 1. The van der Waals surface area contributed by atoms with Crippen molar-refractivity contribution in [3.8, 4) is 0 Å². The maximum atomic E-state index is 12.8. The van der Waals surface area contributed by atoms with Crippen LogP contribution in [0.3, 0.4) is 0 Å². The Hall–Kier alpha value is -1.42. The van der Waals surface area contributed by atoms with Crippen molar-refractivity contribution < 1.29 is 14.3 Å². The first-order chi connectivity index (χ1) is 7.42. The van der Waals surface area contributed by atoms with Crippen molar-refractivity contribution in [1.29, 1.82) is 0 Å². The van der Waals surface area contributed by atoms with Gasteiger partial charge in [0.05, 0.1) is 0 Å². The molecule has 0 radical (unpaired) electrons. The van der Waals surface area contributed by atoms with Crippen molar-refractivity contribution in [2.45, 2.75) is 19.4 Å². The van der Waals surface area contributed by atoms with Crippen LogP contribution in [0.15, 0.2) is 24.3 Å². The van der Waals surface area contributed by atoms with Crippen LogP contribution in [0.2, 0.25) is 0 Å². The van der Waals surface area contributed by atoms with Crippen LogP contribution >= 0.6 is 0 Å². The molecule has 1 rings (SSSR count). The molecule has 1 unspecified atom stereocenters. The first-order valence-electron chi connectivity index (χ1n) is 5.13. The highest BCUT2D eigenvalue weighted by molar-refractivity contribution is 5.80. The highest BCUT2D eigenvalue weighted by Crippen LogP contribution is 2.27. The average Bonchev–Trinajstić information content (AvgIpc) is 2.27. The van der Waals surface area contributed by atoms with Gasteiger partial charge in [-0.05, 0) is 38.2 Å². The van der Waals surface area contributed by atoms with E-state index in [1.54, 1.807) is 18.9 Å². The Morgan fingerprint density at radius 2 is 1.94 bits per heavy atom. The third kappa shape index (κ3) is 2.07. The molecule has 0 saturated carbocycles. The van der Waals surface area contributed by atoms with Gasteiger partial charge in [-0.3, -0.25) is 4.90 Å². The van der Waals surface area contributed by atoms with Crippen molar-refractivity contribution in [2.24, 2.45) is 0 Å². The molecule has 1 aromatic carbocycles. The van der Waals surface area contributed by atoms with E-state index >= 15 is 0 Å². The van der Waals surface area contributed by atoms with Gasteiger partial charge in [-0.25, -0.2) is 9.18 Å². The van der Waals surface area contributed by atoms with Crippen LogP contribution in [-0.2, 0) is 10.3 Å². The minimum Gasteiger partial charge on any atom is -0.480 e. The van der Waals surface area contributed by atoms with E-state index in [-0.39, 0.29) is 5.82 Å². The number of halogens is 1.